The molecule has 0 aromatic heterocycles. The molecule has 0 aliphatic heterocycles. The summed E-state index contributed by atoms with van der Waals surface area (Å²) < 4.78 is 35.9. The van der Waals surface area contributed by atoms with Crippen LogP contribution in [-0.2, 0) is 11.0 Å². The normalized spacial score (nSPS) is 12.7. The SMILES string of the molecule is C/C=C/CN(C(=O)C(Cl)(Cl)Cl)c1cccc(C(F)(F)F)c1. The highest BCUT2D eigenvalue weighted by atomic mass is 35.6. The third kappa shape index (κ3) is 5.09. The zero-order chi connectivity index (χ0) is 16.3. The van der Waals surface area contributed by atoms with Crippen LogP contribution in [0.4, 0.5) is 18.9 Å². The average Bonchev–Trinajstić information content (AvgIpc) is 2.37. The summed E-state index contributed by atoms with van der Waals surface area (Å²) in [5, 5.41) is 0. The van der Waals surface area contributed by atoms with Crippen LogP contribution in [-0.4, -0.2) is 16.2 Å². The molecule has 1 rings (SSSR count). The van der Waals surface area contributed by atoms with Crippen LogP contribution in [0.2, 0.25) is 0 Å². The fourth-order valence-corrected chi connectivity index (χ4v) is 1.83. The number of carbonyl (C=O) groups is 1. The molecule has 1 aromatic rings. The van der Waals surface area contributed by atoms with Crippen LogP contribution < -0.4 is 4.90 Å². The molecule has 0 radical (unpaired) electrons. The summed E-state index contributed by atoms with van der Waals surface area (Å²) in [5.41, 5.74) is -0.887. The number of carbonyl (C=O) groups excluding carboxylic acids is 1. The van der Waals surface area contributed by atoms with E-state index >= 15 is 0 Å². The van der Waals surface area contributed by atoms with Gasteiger partial charge in [-0.15, -0.1) is 0 Å². The molecule has 0 bridgehead atoms. The van der Waals surface area contributed by atoms with Gasteiger partial charge in [0.15, 0.2) is 0 Å². The summed E-state index contributed by atoms with van der Waals surface area (Å²) in [5.74, 6) is -0.926. The van der Waals surface area contributed by atoms with Gasteiger partial charge in [-0.2, -0.15) is 13.2 Å². The average molecular weight is 361 g/mol. The van der Waals surface area contributed by atoms with Gasteiger partial charge in [-0.05, 0) is 25.1 Å². The Balaban J connectivity index is 3.24. The van der Waals surface area contributed by atoms with Crippen LogP contribution in [0.1, 0.15) is 12.5 Å². The van der Waals surface area contributed by atoms with E-state index in [1.54, 1.807) is 19.1 Å². The summed E-state index contributed by atoms with van der Waals surface area (Å²) in [7, 11) is 0. The predicted octanol–water partition coefficient (Wildman–Crippen LogP) is 4.98. The Morgan fingerprint density at radius 3 is 2.38 bits per heavy atom. The smallest absolute Gasteiger partial charge is 0.305 e. The predicted molar refractivity (Wildman–Crippen MR) is 78.9 cm³/mol. The number of amides is 1. The van der Waals surface area contributed by atoms with E-state index in [1.807, 2.05) is 0 Å². The molecule has 8 heteroatoms. The Labute approximate surface area is 135 Å². The van der Waals surface area contributed by atoms with Crippen LogP contribution in [0.25, 0.3) is 0 Å². The van der Waals surface area contributed by atoms with Gasteiger partial charge < -0.3 is 4.90 Å². The van der Waals surface area contributed by atoms with Crippen LogP contribution in [0.5, 0.6) is 0 Å². The third-order valence-corrected chi connectivity index (χ3v) is 2.98. The minimum Gasteiger partial charge on any atom is -0.305 e. The van der Waals surface area contributed by atoms with Crippen molar-refractivity contribution in [1.29, 1.82) is 0 Å². The molecule has 0 N–H and O–H groups in total. The third-order valence-electron chi connectivity index (χ3n) is 2.50. The van der Waals surface area contributed by atoms with E-state index in [4.69, 9.17) is 34.8 Å². The first-order valence-electron chi connectivity index (χ1n) is 5.74. The summed E-state index contributed by atoms with van der Waals surface area (Å²) >= 11 is 16.6. The van der Waals surface area contributed by atoms with Gasteiger partial charge >= 0.3 is 6.18 Å². The molecule has 116 valence electrons. The van der Waals surface area contributed by atoms with E-state index in [9.17, 15) is 18.0 Å². The highest BCUT2D eigenvalue weighted by molar-refractivity contribution is 6.77. The van der Waals surface area contributed by atoms with Gasteiger partial charge in [-0.3, -0.25) is 4.79 Å². The largest absolute Gasteiger partial charge is 0.416 e. The Bertz CT molecular complexity index is 538. The van der Waals surface area contributed by atoms with E-state index in [0.717, 1.165) is 17.0 Å². The fraction of sp³-hybridized carbons (Fsp3) is 0.308. The monoisotopic (exact) mass is 359 g/mol. The van der Waals surface area contributed by atoms with Crippen molar-refractivity contribution in [3.8, 4) is 0 Å². The Morgan fingerprint density at radius 1 is 1.29 bits per heavy atom. The van der Waals surface area contributed by atoms with Crippen molar-refractivity contribution in [2.24, 2.45) is 0 Å². The highest BCUT2D eigenvalue weighted by Gasteiger charge is 2.37. The summed E-state index contributed by atoms with van der Waals surface area (Å²) in [6.45, 7) is 1.69. The highest BCUT2D eigenvalue weighted by Crippen LogP contribution is 2.34. The lowest BCUT2D eigenvalue weighted by Crippen LogP contribution is -2.39. The molecule has 0 atom stereocenters. The van der Waals surface area contributed by atoms with Crippen molar-refractivity contribution < 1.29 is 18.0 Å². The molecule has 2 nitrogen and oxygen atoms in total. The first-order chi connectivity index (χ1) is 9.57. The number of halogens is 6. The molecule has 0 spiro atoms. The molecule has 0 unspecified atom stereocenters. The van der Waals surface area contributed by atoms with Crippen LogP contribution >= 0.6 is 34.8 Å². The number of benzene rings is 1. The van der Waals surface area contributed by atoms with Gasteiger partial charge in [0.25, 0.3) is 9.70 Å². The van der Waals surface area contributed by atoms with E-state index in [-0.39, 0.29) is 12.2 Å². The number of rotatable bonds is 3. The maximum absolute atomic E-state index is 12.7. The van der Waals surface area contributed by atoms with Gasteiger partial charge in [0.1, 0.15) is 0 Å². The topological polar surface area (TPSA) is 20.3 Å². The second kappa shape index (κ2) is 6.90. The number of alkyl halides is 6. The lowest BCUT2D eigenvalue weighted by molar-refractivity contribution is -0.137. The van der Waals surface area contributed by atoms with Gasteiger partial charge in [-0.25, -0.2) is 0 Å². The molecule has 0 aliphatic rings. The zero-order valence-corrected chi connectivity index (χ0v) is 13.1. The lowest BCUT2D eigenvalue weighted by Gasteiger charge is -2.25. The maximum atomic E-state index is 12.7. The lowest BCUT2D eigenvalue weighted by atomic mass is 10.1. The Hall–Kier alpha value is -0.910. The van der Waals surface area contributed by atoms with Crippen molar-refractivity contribution in [3.63, 3.8) is 0 Å². The van der Waals surface area contributed by atoms with Gasteiger partial charge in [-0.1, -0.05) is 53.0 Å². The minimum absolute atomic E-state index is 0.000694. The molecule has 0 fully saturated rings. The Morgan fingerprint density at radius 2 is 1.90 bits per heavy atom. The van der Waals surface area contributed by atoms with Gasteiger partial charge in [0, 0.05) is 12.2 Å². The van der Waals surface area contributed by atoms with Crippen molar-refractivity contribution in [2.45, 2.75) is 16.9 Å². The summed E-state index contributed by atoms with van der Waals surface area (Å²) in [6, 6.07) is 4.26. The van der Waals surface area contributed by atoms with Crippen LogP contribution in [0, 0.1) is 0 Å². The summed E-state index contributed by atoms with van der Waals surface area (Å²) in [4.78, 5) is 13.0. The number of allylic oxidation sites excluding steroid dienone is 1. The number of hydrogen-bond acceptors (Lipinski definition) is 1. The van der Waals surface area contributed by atoms with Gasteiger partial charge in [0.2, 0.25) is 0 Å². The molecular weight excluding hydrogens is 350 g/mol. The second-order valence-electron chi connectivity index (χ2n) is 4.03. The fourth-order valence-electron chi connectivity index (χ4n) is 1.52. The van der Waals surface area contributed by atoms with E-state index in [0.29, 0.717) is 0 Å². The first kappa shape index (κ1) is 18.1. The molecule has 0 aliphatic carbocycles. The van der Waals surface area contributed by atoms with E-state index in [2.05, 4.69) is 0 Å². The number of hydrogen-bond donors (Lipinski definition) is 0. The summed E-state index contributed by atoms with van der Waals surface area (Å²) in [6.07, 6.45) is -1.33. The molecular formula is C13H11Cl3F3NO. The van der Waals surface area contributed by atoms with Crippen molar-refractivity contribution >= 4 is 46.4 Å². The molecule has 0 saturated heterocycles. The van der Waals surface area contributed by atoms with E-state index < -0.39 is 21.4 Å². The molecule has 0 heterocycles. The van der Waals surface area contributed by atoms with Gasteiger partial charge in [0.05, 0.1) is 5.56 Å². The van der Waals surface area contributed by atoms with Crippen LogP contribution in [0.3, 0.4) is 0 Å². The second-order valence-corrected chi connectivity index (χ2v) is 6.31. The number of nitrogens with zero attached hydrogens (tertiary/aromatic N) is 1. The first-order valence-corrected chi connectivity index (χ1v) is 6.88. The molecule has 21 heavy (non-hydrogen) atoms. The van der Waals surface area contributed by atoms with Crippen LogP contribution in [0.15, 0.2) is 36.4 Å². The van der Waals surface area contributed by atoms with Crippen molar-refractivity contribution in [3.05, 3.63) is 42.0 Å². The van der Waals surface area contributed by atoms with Crippen molar-refractivity contribution in [2.75, 3.05) is 11.4 Å². The van der Waals surface area contributed by atoms with Crippen molar-refractivity contribution in [1.82, 2.24) is 0 Å². The zero-order valence-electron chi connectivity index (χ0n) is 10.8. The standard InChI is InChI=1S/C13H11Cl3F3NO/c1-2-3-7-20(11(21)12(14,15)16)10-6-4-5-9(8-10)13(17,18)19/h2-6,8H,7H2,1H3/b3-2+. The molecule has 1 aromatic carbocycles. The minimum atomic E-state index is -4.52. The molecule has 1 amide bonds. The Kier molecular flexibility index (Phi) is 5.96. The van der Waals surface area contributed by atoms with E-state index in [1.165, 1.54) is 12.1 Å². The molecule has 0 saturated carbocycles. The maximum Gasteiger partial charge on any atom is 0.416 e. The quantitative estimate of drug-likeness (QED) is 0.549. The number of anilines is 1.